The number of carbonyl (C=O) groups excluding carboxylic acids is 1. The van der Waals surface area contributed by atoms with Crippen LogP contribution in [0.5, 0.6) is 5.75 Å². The fourth-order valence-corrected chi connectivity index (χ4v) is 3.02. The Morgan fingerprint density at radius 1 is 1.17 bits per heavy atom. The Hall–Kier alpha value is -3.23. The first-order chi connectivity index (χ1) is 14.2. The fraction of sp³-hybridized carbons (Fsp3) is 0.286. The Morgan fingerprint density at radius 3 is 2.69 bits per heavy atom. The number of hydrogen-bond acceptors (Lipinski definition) is 7. The normalized spacial score (nSPS) is 14.5. The zero-order valence-electron chi connectivity index (χ0n) is 16.1. The van der Waals surface area contributed by atoms with Gasteiger partial charge in [0.05, 0.1) is 25.0 Å². The predicted molar refractivity (Wildman–Crippen MR) is 105 cm³/mol. The van der Waals surface area contributed by atoms with Crippen LogP contribution in [-0.4, -0.2) is 47.4 Å². The minimum atomic E-state index is -0.250. The van der Waals surface area contributed by atoms with Crippen molar-refractivity contribution < 1.29 is 18.8 Å². The average Bonchev–Trinajstić information content (AvgIpc) is 3.14. The van der Waals surface area contributed by atoms with Gasteiger partial charge in [0.2, 0.25) is 0 Å². The number of hydrogen-bond donors (Lipinski definition) is 1. The van der Waals surface area contributed by atoms with E-state index in [0.717, 1.165) is 16.8 Å². The van der Waals surface area contributed by atoms with Gasteiger partial charge in [-0.25, -0.2) is 9.99 Å². The summed E-state index contributed by atoms with van der Waals surface area (Å²) in [5.41, 5.74) is 5.77. The number of aryl methyl sites for hydroxylation is 1. The quantitative estimate of drug-likeness (QED) is 0.687. The summed E-state index contributed by atoms with van der Waals surface area (Å²) < 4.78 is 16.5. The van der Waals surface area contributed by atoms with Gasteiger partial charge in [0.15, 0.2) is 0 Å². The minimum Gasteiger partial charge on any atom is -0.487 e. The lowest BCUT2D eigenvalue weighted by Crippen LogP contribution is -2.48. The summed E-state index contributed by atoms with van der Waals surface area (Å²) in [6.07, 6.45) is 1.54. The number of nitrogens with one attached hydrogen (secondary N) is 1. The largest absolute Gasteiger partial charge is 0.487 e. The first kappa shape index (κ1) is 19.1. The summed E-state index contributed by atoms with van der Waals surface area (Å²) in [6, 6.07) is 13.2. The van der Waals surface area contributed by atoms with E-state index in [4.69, 9.17) is 14.0 Å². The summed E-state index contributed by atoms with van der Waals surface area (Å²) in [5.74, 6) is 1.02. The van der Waals surface area contributed by atoms with Gasteiger partial charge in [0.25, 0.3) is 5.91 Å². The number of morpholine rings is 1. The minimum absolute atomic E-state index is 0.250. The highest BCUT2D eigenvalue weighted by atomic mass is 16.5. The molecule has 1 saturated heterocycles. The smallest absolute Gasteiger partial charge is 0.284 e. The van der Waals surface area contributed by atoms with E-state index in [2.05, 4.69) is 15.6 Å². The molecular formula is C21H22N4O4. The molecule has 29 heavy (non-hydrogen) atoms. The summed E-state index contributed by atoms with van der Waals surface area (Å²) in [6.45, 7) is 4.68. The maximum absolute atomic E-state index is 12.3. The van der Waals surface area contributed by atoms with Crippen molar-refractivity contribution in [2.45, 2.75) is 13.5 Å². The number of aromatic nitrogens is 2. The zero-order valence-corrected chi connectivity index (χ0v) is 16.1. The second-order valence-electron chi connectivity index (χ2n) is 6.64. The van der Waals surface area contributed by atoms with Crippen molar-refractivity contribution in [2.75, 3.05) is 26.3 Å². The molecule has 0 spiro atoms. The summed E-state index contributed by atoms with van der Waals surface area (Å²) >= 11 is 0. The zero-order chi connectivity index (χ0) is 20.1. The molecule has 8 nitrogen and oxygen atoms in total. The molecule has 1 aliphatic heterocycles. The topological polar surface area (TPSA) is 89.7 Å². The van der Waals surface area contributed by atoms with E-state index in [1.807, 2.05) is 42.3 Å². The highest BCUT2D eigenvalue weighted by molar-refractivity contribution is 5.91. The lowest BCUT2D eigenvalue weighted by molar-refractivity contribution is 0.0124. The van der Waals surface area contributed by atoms with Gasteiger partial charge >= 0.3 is 0 Å². The molecule has 0 atom stereocenters. The fourth-order valence-electron chi connectivity index (χ4n) is 3.02. The third kappa shape index (κ3) is 4.61. The van der Waals surface area contributed by atoms with Crippen LogP contribution < -0.4 is 10.2 Å². The van der Waals surface area contributed by atoms with Crippen LogP contribution in [0.3, 0.4) is 0 Å². The Labute approximate surface area is 168 Å². The van der Waals surface area contributed by atoms with Gasteiger partial charge in [-0.2, -0.15) is 0 Å². The van der Waals surface area contributed by atoms with Crippen LogP contribution in [0, 0.1) is 6.92 Å². The molecule has 1 N–H and O–H groups in total. The van der Waals surface area contributed by atoms with Crippen LogP contribution in [0.15, 0.2) is 53.2 Å². The van der Waals surface area contributed by atoms with E-state index >= 15 is 0 Å². The third-order valence-electron chi connectivity index (χ3n) is 4.65. The Morgan fingerprint density at radius 2 is 1.97 bits per heavy atom. The van der Waals surface area contributed by atoms with Gasteiger partial charge in [-0.15, -0.1) is 0 Å². The van der Waals surface area contributed by atoms with E-state index in [-0.39, 0.29) is 5.91 Å². The van der Waals surface area contributed by atoms with Crippen LogP contribution in [0.25, 0.3) is 11.3 Å². The van der Waals surface area contributed by atoms with Crippen LogP contribution in [0.4, 0.5) is 0 Å². The second kappa shape index (κ2) is 8.85. The second-order valence-corrected chi connectivity index (χ2v) is 6.64. The standard InChI is InChI=1S/C21H22N4O4/c1-15-18(20(24-29-15)16-5-3-2-4-6-16)14-28-17-7-8-19(22-13-17)21(26)23-25-9-11-27-12-10-25/h2-8,13H,9-12,14H2,1H3,(H,23,26). The molecule has 1 aromatic carbocycles. The predicted octanol–water partition coefficient (Wildman–Crippen LogP) is 2.60. The molecule has 1 amide bonds. The molecule has 0 radical (unpaired) electrons. The molecule has 3 aromatic rings. The van der Waals surface area contributed by atoms with Crippen molar-refractivity contribution >= 4 is 5.91 Å². The Kier molecular flexibility index (Phi) is 5.83. The molecule has 2 aromatic heterocycles. The van der Waals surface area contributed by atoms with E-state index in [9.17, 15) is 4.79 Å². The van der Waals surface area contributed by atoms with E-state index in [1.165, 1.54) is 0 Å². The molecule has 0 aliphatic carbocycles. The van der Waals surface area contributed by atoms with Crippen molar-refractivity contribution in [3.05, 3.63) is 65.7 Å². The number of ether oxygens (including phenoxy) is 2. The number of rotatable bonds is 6. The van der Waals surface area contributed by atoms with E-state index < -0.39 is 0 Å². The van der Waals surface area contributed by atoms with Crippen LogP contribution >= 0.6 is 0 Å². The van der Waals surface area contributed by atoms with E-state index in [0.29, 0.717) is 50.1 Å². The number of carbonyl (C=O) groups is 1. The summed E-state index contributed by atoms with van der Waals surface area (Å²) in [5, 5.41) is 5.98. The molecular weight excluding hydrogens is 372 g/mol. The number of nitrogens with zero attached hydrogens (tertiary/aromatic N) is 3. The highest BCUT2D eigenvalue weighted by Gasteiger charge is 2.17. The van der Waals surface area contributed by atoms with Crippen LogP contribution in [0.2, 0.25) is 0 Å². The molecule has 8 heteroatoms. The SMILES string of the molecule is Cc1onc(-c2ccccc2)c1COc1ccc(C(=O)NN2CCOCC2)nc1. The molecule has 1 fully saturated rings. The van der Waals surface area contributed by atoms with Gasteiger partial charge in [-0.3, -0.25) is 10.2 Å². The van der Waals surface area contributed by atoms with Crippen molar-refractivity contribution in [1.82, 2.24) is 20.6 Å². The first-order valence-electron chi connectivity index (χ1n) is 9.44. The molecule has 0 saturated carbocycles. The molecule has 150 valence electrons. The third-order valence-corrected chi connectivity index (χ3v) is 4.65. The van der Waals surface area contributed by atoms with Gasteiger partial charge < -0.3 is 14.0 Å². The van der Waals surface area contributed by atoms with Crippen molar-refractivity contribution in [3.8, 4) is 17.0 Å². The monoisotopic (exact) mass is 394 g/mol. The van der Waals surface area contributed by atoms with Gasteiger partial charge in [0, 0.05) is 18.7 Å². The lowest BCUT2D eigenvalue weighted by atomic mass is 10.1. The molecule has 3 heterocycles. The molecule has 0 bridgehead atoms. The van der Waals surface area contributed by atoms with Gasteiger partial charge in [-0.05, 0) is 19.1 Å². The van der Waals surface area contributed by atoms with Crippen molar-refractivity contribution in [2.24, 2.45) is 0 Å². The van der Waals surface area contributed by atoms with E-state index in [1.54, 1.807) is 18.3 Å². The number of benzene rings is 1. The summed E-state index contributed by atoms with van der Waals surface area (Å²) in [4.78, 5) is 16.5. The molecule has 0 unspecified atom stereocenters. The average molecular weight is 394 g/mol. The Bertz CT molecular complexity index is 951. The van der Waals surface area contributed by atoms with Crippen LogP contribution in [-0.2, 0) is 11.3 Å². The van der Waals surface area contributed by atoms with Gasteiger partial charge in [-0.1, -0.05) is 35.5 Å². The number of hydrazine groups is 1. The Balaban J connectivity index is 1.39. The number of pyridine rings is 1. The maximum atomic E-state index is 12.3. The highest BCUT2D eigenvalue weighted by Crippen LogP contribution is 2.26. The van der Waals surface area contributed by atoms with Crippen molar-refractivity contribution in [1.29, 1.82) is 0 Å². The maximum Gasteiger partial charge on any atom is 0.284 e. The molecule has 4 rings (SSSR count). The molecule has 1 aliphatic rings. The number of amides is 1. The van der Waals surface area contributed by atoms with Crippen LogP contribution in [0.1, 0.15) is 21.8 Å². The first-order valence-corrected chi connectivity index (χ1v) is 9.44. The lowest BCUT2D eigenvalue weighted by Gasteiger charge is -2.26. The summed E-state index contributed by atoms with van der Waals surface area (Å²) in [7, 11) is 0. The van der Waals surface area contributed by atoms with Crippen molar-refractivity contribution in [3.63, 3.8) is 0 Å². The van der Waals surface area contributed by atoms with Gasteiger partial charge in [0.1, 0.15) is 29.5 Å².